The highest BCUT2D eigenvalue weighted by molar-refractivity contribution is 5.51. The van der Waals surface area contributed by atoms with Gasteiger partial charge in [-0.1, -0.05) is 19.3 Å². The minimum absolute atomic E-state index is 0.289. The molecule has 0 heterocycles. The topological polar surface area (TPSA) is 27.7 Å². The van der Waals surface area contributed by atoms with Crippen molar-refractivity contribution in [1.82, 2.24) is 0 Å². The van der Waals surface area contributed by atoms with Crippen LogP contribution in [-0.2, 0) is 0 Å². The van der Waals surface area contributed by atoms with Crippen molar-refractivity contribution in [3.63, 3.8) is 0 Å². The van der Waals surface area contributed by atoms with Crippen LogP contribution in [-0.4, -0.2) is 18.3 Å². The third kappa shape index (κ3) is 5.33. The number of hydrogen-bond donors (Lipinski definition) is 0. The summed E-state index contributed by atoms with van der Waals surface area (Å²) in [7, 11) is 0. The van der Waals surface area contributed by atoms with Gasteiger partial charge in [-0.25, -0.2) is 0 Å². The Morgan fingerprint density at radius 1 is 0.593 bits per heavy atom. The molecule has 0 amide bonds. The minimum Gasteiger partial charge on any atom is -0.486 e. The summed E-state index contributed by atoms with van der Waals surface area (Å²) in [5, 5.41) is 0. The second-order valence-corrected chi connectivity index (χ2v) is 8.63. The van der Waals surface area contributed by atoms with Crippen LogP contribution in [0.4, 0.5) is 0 Å². The number of benzene rings is 1. The molecule has 0 atom stereocenters. The molecule has 3 nitrogen and oxygen atoms in total. The zero-order valence-corrected chi connectivity index (χ0v) is 16.7. The predicted octanol–water partition coefficient (Wildman–Crippen LogP) is 6.62. The fraction of sp³-hybridized carbons (Fsp3) is 0.750. The standard InChI is InChI=1S/C24H35O3/c1-4-11-19(12-5-1)25-22-17-10-18-23(26-20-13-6-2-7-14-20)24(22)27-21-15-8-3-9-16-21/h10,17,19-21H,1-9,11-16H2. The molecule has 0 unspecified atom stereocenters. The van der Waals surface area contributed by atoms with E-state index in [1.54, 1.807) is 0 Å². The molecule has 0 aliphatic heterocycles. The van der Waals surface area contributed by atoms with Crippen LogP contribution in [0.25, 0.3) is 0 Å². The molecule has 1 aromatic carbocycles. The Labute approximate surface area is 164 Å². The van der Waals surface area contributed by atoms with Gasteiger partial charge in [0.25, 0.3) is 0 Å². The van der Waals surface area contributed by atoms with Crippen LogP contribution in [0.3, 0.4) is 0 Å². The molecule has 0 N–H and O–H groups in total. The maximum absolute atomic E-state index is 6.52. The van der Waals surface area contributed by atoms with Crippen molar-refractivity contribution in [3.05, 3.63) is 18.2 Å². The molecule has 149 valence electrons. The number of ether oxygens (including phenoxy) is 3. The summed E-state index contributed by atoms with van der Waals surface area (Å²) in [5.41, 5.74) is 0. The summed E-state index contributed by atoms with van der Waals surface area (Å²) in [6.07, 6.45) is 19.4. The van der Waals surface area contributed by atoms with Crippen LogP contribution >= 0.6 is 0 Å². The second-order valence-electron chi connectivity index (χ2n) is 8.63. The Balaban J connectivity index is 1.52. The zero-order valence-electron chi connectivity index (χ0n) is 16.7. The van der Waals surface area contributed by atoms with Crippen molar-refractivity contribution in [2.75, 3.05) is 0 Å². The Bertz CT molecular complexity index is 529. The molecule has 0 aromatic heterocycles. The Kier molecular flexibility index (Phi) is 6.81. The summed E-state index contributed by atoms with van der Waals surface area (Å²) < 4.78 is 19.3. The van der Waals surface area contributed by atoms with Crippen LogP contribution in [0.5, 0.6) is 17.2 Å². The molecule has 0 saturated heterocycles. The molecule has 3 aliphatic carbocycles. The minimum atomic E-state index is 0.289. The van der Waals surface area contributed by atoms with Crippen molar-refractivity contribution < 1.29 is 14.2 Å². The third-order valence-corrected chi connectivity index (χ3v) is 6.40. The lowest BCUT2D eigenvalue weighted by molar-refractivity contribution is 0.106. The highest BCUT2D eigenvalue weighted by Gasteiger charge is 2.25. The van der Waals surface area contributed by atoms with Gasteiger partial charge in [-0.3, -0.25) is 0 Å². The monoisotopic (exact) mass is 371 g/mol. The van der Waals surface area contributed by atoms with Crippen molar-refractivity contribution in [1.29, 1.82) is 0 Å². The lowest BCUT2D eigenvalue weighted by atomic mass is 9.97. The molecule has 3 saturated carbocycles. The van der Waals surface area contributed by atoms with Gasteiger partial charge in [0.05, 0.1) is 18.3 Å². The summed E-state index contributed by atoms with van der Waals surface area (Å²) >= 11 is 0. The van der Waals surface area contributed by atoms with E-state index in [1.807, 2.05) is 12.1 Å². The van der Waals surface area contributed by atoms with E-state index in [0.717, 1.165) is 55.8 Å². The maximum atomic E-state index is 6.52. The van der Waals surface area contributed by atoms with E-state index in [-0.39, 0.29) is 6.10 Å². The van der Waals surface area contributed by atoms with E-state index in [4.69, 9.17) is 14.2 Å². The van der Waals surface area contributed by atoms with E-state index >= 15 is 0 Å². The Morgan fingerprint density at radius 3 is 1.63 bits per heavy atom. The molecular weight excluding hydrogens is 336 g/mol. The van der Waals surface area contributed by atoms with E-state index in [1.165, 1.54) is 57.8 Å². The first kappa shape index (κ1) is 19.0. The fourth-order valence-corrected chi connectivity index (χ4v) is 4.80. The molecule has 27 heavy (non-hydrogen) atoms. The van der Waals surface area contributed by atoms with E-state index in [0.29, 0.717) is 12.2 Å². The van der Waals surface area contributed by atoms with Crippen LogP contribution in [0.1, 0.15) is 96.3 Å². The van der Waals surface area contributed by atoms with Crippen LogP contribution in [0.2, 0.25) is 0 Å². The van der Waals surface area contributed by atoms with Gasteiger partial charge < -0.3 is 14.2 Å². The highest BCUT2D eigenvalue weighted by atomic mass is 16.6. The summed E-state index contributed by atoms with van der Waals surface area (Å²) in [4.78, 5) is 0. The average Bonchev–Trinajstić information content (AvgIpc) is 2.73. The normalized spacial score (nSPS) is 23.1. The van der Waals surface area contributed by atoms with E-state index in [9.17, 15) is 0 Å². The predicted molar refractivity (Wildman–Crippen MR) is 108 cm³/mol. The number of rotatable bonds is 6. The molecule has 0 bridgehead atoms. The van der Waals surface area contributed by atoms with E-state index < -0.39 is 0 Å². The third-order valence-electron chi connectivity index (χ3n) is 6.40. The molecule has 3 heteroatoms. The average molecular weight is 372 g/mol. The van der Waals surface area contributed by atoms with Gasteiger partial charge in [-0.05, 0) is 89.2 Å². The molecule has 4 rings (SSSR count). The smallest absolute Gasteiger partial charge is 0.204 e. The van der Waals surface area contributed by atoms with Crippen molar-refractivity contribution in [2.24, 2.45) is 0 Å². The Morgan fingerprint density at radius 2 is 1.07 bits per heavy atom. The van der Waals surface area contributed by atoms with Gasteiger partial charge in [0.1, 0.15) is 0 Å². The van der Waals surface area contributed by atoms with Gasteiger partial charge >= 0.3 is 0 Å². The number of hydrogen-bond acceptors (Lipinski definition) is 3. The summed E-state index contributed by atoms with van der Waals surface area (Å²) in [5.74, 6) is 2.47. The molecule has 0 spiro atoms. The first-order valence-corrected chi connectivity index (χ1v) is 11.4. The zero-order chi connectivity index (χ0) is 18.3. The molecule has 1 radical (unpaired) electrons. The molecule has 1 aromatic rings. The van der Waals surface area contributed by atoms with Gasteiger partial charge in [-0.2, -0.15) is 0 Å². The van der Waals surface area contributed by atoms with Crippen LogP contribution < -0.4 is 14.2 Å². The second kappa shape index (κ2) is 9.71. The van der Waals surface area contributed by atoms with Crippen molar-refractivity contribution in [3.8, 4) is 17.2 Å². The SMILES string of the molecule is [c]1ccc(OC2CCCCC2)c(OC2CCCCC2)c1OC1CCCCC1. The lowest BCUT2D eigenvalue weighted by Crippen LogP contribution is -2.24. The van der Waals surface area contributed by atoms with Crippen molar-refractivity contribution >= 4 is 0 Å². The van der Waals surface area contributed by atoms with Crippen LogP contribution in [0.15, 0.2) is 12.1 Å². The maximum Gasteiger partial charge on any atom is 0.204 e. The first-order valence-electron chi connectivity index (χ1n) is 11.4. The van der Waals surface area contributed by atoms with Gasteiger partial charge in [0.2, 0.25) is 5.75 Å². The Hall–Kier alpha value is -1.38. The fourth-order valence-electron chi connectivity index (χ4n) is 4.80. The van der Waals surface area contributed by atoms with Gasteiger partial charge in [0, 0.05) is 6.07 Å². The van der Waals surface area contributed by atoms with E-state index in [2.05, 4.69) is 6.07 Å². The summed E-state index contributed by atoms with van der Waals surface area (Å²) in [6.45, 7) is 0. The van der Waals surface area contributed by atoms with Crippen LogP contribution in [0, 0.1) is 6.07 Å². The first-order chi connectivity index (χ1) is 13.4. The molecular formula is C24H35O3. The van der Waals surface area contributed by atoms with Crippen molar-refractivity contribution in [2.45, 2.75) is 115 Å². The summed E-state index contributed by atoms with van der Waals surface area (Å²) in [6, 6.07) is 7.30. The quantitative estimate of drug-likeness (QED) is 0.562. The van der Waals surface area contributed by atoms with Gasteiger partial charge in [-0.15, -0.1) is 0 Å². The lowest BCUT2D eigenvalue weighted by Gasteiger charge is -2.29. The molecule has 3 fully saturated rings. The van der Waals surface area contributed by atoms with Gasteiger partial charge in [0.15, 0.2) is 11.5 Å². The molecule has 3 aliphatic rings. The largest absolute Gasteiger partial charge is 0.486 e. The highest BCUT2D eigenvalue weighted by Crippen LogP contribution is 2.42.